The Morgan fingerprint density at radius 2 is 2.04 bits per heavy atom. The molecule has 0 heterocycles. The lowest BCUT2D eigenvalue weighted by atomic mass is 10.2. The topological polar surface area (TPSA) is 75.7 Å². The first-order chi connectivity index (χ1) is 10.7. The molecule has 6 nitrogen and oxygen atoms in total. The summed E-state index contributed by atoms with van der Waals surface area (Å²) in [6.07, 6.45) is 0. The molecule has 1 N–H and O–H groups in total. The zero-order valence-corrected chi connectivity index (χ0v) is 15.4. The third-order valence-electron chi connectivity index (χ3n) is 2.97. The Balaban J connectivity index is 2.97. The molecule has 1 aromatic rings. The number of nitrogens with zero attached hydrogens (tertiary/aromatic N) is 1. The number of hydrogen-bond acceptors (Lipinski definition) is 4. The van der Waals surface area contributed by atoms with E-state index in [1.165, 1.54) is 19.2 Å². The SMILES string of the molecule is CCOc1ccc(Cl)cc1S(=O)(=O)N(C)CC(=O)NCC(C)C. The molecule has 130 valence electrons. The van der Waals surface area contributed by atoms with Crippen molar-refractivity contribution in [1.82, 2.24) is 9.62 Å². The van der Waals surface area contributed by atoms with Crippen LogP contribution in [0.3, 0.4) is 0 Å². The summed E-state index contributed by atoms with van der Waals surface area (Å²) < 4.78 is 31.7. The quantitative estimate of drug-likeness (QED) is 0.768. The third kappa shape index (κ3) is 5.67. The van der Waals surface area contributed by atoms with Gasteiger partial charge in [-0.15, -0.1) is 0 Å². The zero-order valence-electron chi connectivity index (χ0n) is 13.8. The molecule has 0 unspecified atom stereocenters. The van der Waals surface area contributed by atoms with Crippen LogP contribution in [0.15, 0.2) is 23.1 Å². The minimum absolute atomic E-state index is 0.0500. The van der Waals surface area contributed by atoms with Crippen molar-refractivity contribution in [3.8, 4) is 5.75 Å². The zero-order chi connectivity index (χ0) is 17.6. The van der Waals surface area contributed by atoms with Crippen LogP contribution < -0.4 is 10.1 Å². The summed E-state index contributed by atoms with van der Waals surface area (Å²) in [6.45, 7) is 6.22. The van der Waals surface area contributed by atoms with Crippen LogP contribution in [0.25, 0.3) is 0 Å². The summed E-state index contributed by atoms with van der Waals surface area (Å²) in [4.78, 5) is 11.8. The van der Waals surface area contributed by atoms with Gasteiger partial charge in [-0.25, -0.2) is 8.42 Å². The minimum atomic E-state index is -3.88. The highest BCUT2D eigenvalue weighted by atomic mass is 35.5. The molecule has 1 amide bonds. The fraction of sp³-hybridized carbons (Fsp3) is 0.533. The molecule has 0 atom stereocenters. The average Bonchev–Trinajstić information content (AvgIpc) is 2.47. The van der Waals surface area contributed by atoms with Crippen molar-refractivity contribution >= 4 is 27.5 Å². The number of hydrogen-bond donors (Lipinski definition) is 1. The average molecular weight is 363 g/mol. The van der Waals surface area contributed by atoms with Crippen LogP contribution >= 0.6 is 11.6 Å². The third-order valence-corrected chi connectivity index (χ3v) is 5.03. The van der Waals surface area contributed by atoms with E-state index in [1.807, 2.05) is 13.8 Å². The first kappa shape index (κ1) is 19.7. The summed E-state index contributed by atoms with van der Waals surface area (Å²) in [5, 5.41) is 2.97. The lowest BCUT2D eigenvalue weighted by Crippen LogP contribution is -2.39. The van der Waals surface area contributed by atoms with Crippen LogP contribution in [0.2, 0.25) is 5.02 Å². The number of nitrogens with one attached hydrogen (secondary N) is 1. The van der Waals surface area contributed by atoms with Crippen LogP contribution in [0.1, 0.15) is 20.8 Å². The van der Waals surface area contributed by atoms with Crippen molar-refractivity contribution < 1.29 is 17.9 Å². The second kappa shape index (κ2) is 8.52. The molecule has 8 heteroatoms. The Bertz CT molecular complexity index is 647. The summed E-state index contributed by atoms with van der Waals surface area (Å²) >= 11 is 5.90. The number of sulfonamides is 1. The molecule has 0 fully saturated rings. The minimum Gasteiger partial charge on any atom is -0.492 e. The van der Waals surface area contributed by atoms with E-state index >= 15 is 0 Å². The van der Waals surface area contributed by atoms with E-state index in [-0.39, 0.29) is 28.1 Å². The Kier molecular flexibility index (Phi) is 7.31. The fourth-order valence-electron chi connectivity index (χ4n) is 1.79. The van der Waals surface area contributed by atoms with Gasteiger partial charge in [0.1, 0.15) is 10.6 Å². The predicted molar refractivity (Wildman–Crippen MR) is 90.3 cm³/mol. The van der Waals surface area contributed by atoms with E-state index in [0.29, 0.717) is 19.1 Å². The molecule has 0 aromatic heterocycles. The molecule has 1 aromatic carbocycles. The van der Waals surface area contributed by atoms with Gasteiger partial charge in [-0.05, 0) is 31.0 Å². The van der Waals surface area contributed by atoms with Gasteiger partial charge >= 0.3 is 0 Å². The second-order valence-electron chi connectivity index (χ2n) is 5.48. The number of benzene rings is 1. The van der Waals surface area contributed by atoms with Crippen molar-refractivity contribution in [3.05, 3.63) is 23.2 Å². The Morgan fingerprint density at radius 3 is 2.61 bits per heavy atom. The van der Waals surface area contributed by atoms with Crippen molar-refractivity contribution in [2.75, 3.05) is 26.7 Å². The molecule has 0 saturated carbocycles. The van der Waals surface area contributed by atoms with Gasteiger partial charge in [0.2, 0.25) is 15.9 Å². The summed E-state index contributed by atoms with van der Waals surface area (Å²) in [5.74, 6) is 0.148. The van der Waals surface area contributed by atoms with Crippen molar-refractivity contribution in [2.24, 2.45) is 5.92 Å². The van der Waals surface area contributed by atoms with E-state index in [2.05, 4.69) is 5.32 Å². The number of likely N-dealkylation sites (N-methyl/N-ethyl adjacent to an activating group) is 1. The number of carbonyl (C=O) groups excluding carboxylic acids is 1. The van der Waals surface area contributed by atoms with Gasteiger partial charge in [-0.1, -0.05) is 25.4 Å². The van der Waals surface area contributed by atoms with E-state index in [1.54, 1.807) is 13.0 Å². The molecule has 23 heavy (non-hydrogen) atoms. The molecule has 0 aliphatic rings. The number of amides is 1. The van der Waals surface area contributed by atoms with Crippen LogP contribution in [-0.4, -0.2) is 45.4 Å². The Morgan fingerprint density at radius 1 is 1.39 bits per heavy atom. The maximum absolute atomic E-state index is 12.7. The summed E-state index contributed by atoms with van der Waals surface area (Å²) in [5.41, 5.74) is 0. The first-order valence-corrected chi connectivity index (χ1v) is 9.15. The monoisotopic (exact) mass is 362 g/mol. The molecule has 0 aliphatic heterocycles. The summed E-state index contributed by atoms with van der Waals surface area (Å²) in [7, 11) is -2.54. The Labute approximate surface area is 142 Å². The molecule has 0 aliphatic carbocycles. The number of ether oxygens (including phenoxy) is 1. The van der Waals surface area contributed by atoms with Gasteiger partial charge in [-0.2, -0.15) is 4.31 Å². The highest BCUT2D eigenvalue weighted by molar-refractivity contribution is 7.89. The maximum Gasteiger partial charge on any atom is 0.247 e. The standard InChI is InChI=1S/C15H23ClN2O4S/c1-5-22-13-7-6-12(16)8-14(13)23(20,21)18(4)10-15(19)17-9-11(2)3/h6-8,11H,5,9-10H2,1-4H3,(H,17,19). The summed E-state index contributed by atoms with van der Waals surface area (Å²) in [6, 6.07) is 4.39. The fourth-order valence-corrected chi connectivity index (χ4v) is 3.30. The second-order valence-corrected chi connectivity index (χ2v) is 7.93. The van der Waals surface area contributed by atoms with E-state index in [9.17, 15) is 13.2 Å². The molecule has 1 rings (SSSR count). The molecule has 0 radical (unpaired) electrons. The van der Waals surface area contributed by atoms with Crippen LogP contribution in [-0.2, 0) is 14.8 Å². The van der Waals surface area contributed by atoms with Crippen molar-refractivity contribution in [1.29, 1.82) is 0 Å². The lowest BCUT2D eigenvalue weighted by Gasteiger charge is -2.19. The Hall–Kier alpha value is -1.31. The van der Waals surface area contributed by atoms with Gasteiger partial charge in [0.05, 0.1) is 13.2 Å². The first-order valence-electron chi connectivity index (χ1n) is 7.33. The number of carbonyl (C=O) groups is 1. The largest absolute Gasteiger partial charge is 0.492 e. The predicted octanol–water partition coefficient (Wildman–Crippen LogP) is 2.13. The van der Waals surface area contributed by atoms with Gasteiger partial charge in [0, 0.05) is 18.6 Å². The van der Waals surface area contributed by atoms with Crippen LogP contribution in [0.5, 0.6) is 5.75 Å². The lowest BCUT2D eigenvalue weighted by molar-refractivity contribution is -0.121. The van der Waals surface area contributed by atoms with E-state index < -0.39 is 10.0 Å². The molecular formula is C15H23ClN2O4S. The van der Waals surface area contributed by atoms with E-state index in [4.69, 9.17) is 16.3 Å². The van der Waals surface area contributed by atoms with Gasteiger partial charge in [0.15, 0.2) is 0 Å². The normalized spacial score (nSPS) is 11.8. The van der Waals surface area contributed by atoms with Crippen LogP contribution in [0.4, 0.5) is 0 Å². The smallest absolute Gasteiger partial charge is 0.247 e. The molecule has 0 saturated heterocycles. The highest BCUT2D eigenvalue weighted by Gasteiger charge is 2.27. The highest BCUT2D eigenvalue weighted by Crippen LogP contribution is 2.29. The van der Waals surface area contributed by atoms with Gasteiger partial charge < -0.3 is 10.1 Å². The van der Waals surface area contributed by atoms with Crippen molar-refractivity contribution in [2.45, 2.75) is 25.7 Å². The van der Waals surface area contributed by atoms with Crippen molar-refractivity contribution in [3.63, 3.8) is 0 Å². The number of rotatable bonds is 8. The van der Waals surface area contributed by atoms with Gasteiger partial charge in [0.25, 0.3) is 0 Å². The number of halogens is 1. The molecular weight excluding hydrogens is 340 g/mol. The van der Waals surface area contributed by atoms with Gasteiger partial charge in [-0.3, -0.25) is 4.79 Å². The maximum atomic E-state index is 12.7. The van der Waals surface area contributed by atoms with Crippen LogP contribution in [0, 0.1) is 5.92 Å². The molecule has 0 spiro atoms. The van der Waals surface area contributed by atoms with E-state index in [0.717, 1.165) is 4.31 Å². The molecule has 0 bridgehead atoms.